The Kier molecular flexibility index (Phi) is 6.62. The number of alkyl halides is 3. The zero-order chi connectivity index (χ0) is 26.3. The molecule has 0 bridgehead atoms. The van der Waals surface area contributed by atoms with Gasteiger partial charge in [-0.25, -0.2) is 23.4 Å². The summed E-state index contributed by atoms with van der Waals surface area (Å²) < 4.78 is 75.1. The second kappa shape index (κ2) is 9.39. The molecule has 14 heteroatoms. The Morgan fingerprint density at radius 1 is 1.03 bits per heavy atom. The molecule has 0 amide bonds. The first-order chi connectivity index (χ1) is 16.9. The average Bonchev–Trinajstić information content (AvgIpc) is 2.82. The molecule has 9 nitrogen and oxygen atoms in total. The Bertz CT molecular complexity index is 1580. The van der Waals surface area contributed by atoms with Gasteiger partial charge in [0.1, 0.15) is 0 Å². The van der Waals surface area contributed by atoms with Gasteiger partial charge in [-0.05, 0) is 42.8 Å². The van der Waals surface area contributed by atoms with Crippen molar-refractivity contribution in [1.29, 1.82) is 0 Å². The molecule has 3 aromatic heterocycles. The van der Waals surface area contributed by atoms with E-state index in [4.69, 9.17) is 16.3 Å². The van der Waals surface area contributed by atoms with E-state index in [1.54, 1.807) is 7.05 Å². The molecule has 0 atom stereocenters. The lowest BCUT2D eigenvalue weighted by atomic mass is 9.97. The van der Waals surface area contributed by atoms with Crippen molar-refractivity contribution in [2.24, 2.45) is 0 Å². The van der Waals surface area contributed by atoms with Gasteiger partial charge in [0.15, 0.2) is 10.5 Å². The molecule has 0 saturated carbocycles. The summed E-state index contributed by atoms with van der Waals surface area (Å²) in [5.41, 5.74) is -0.677. The summed E-state index contributed by atoms with van der Waals surface area (Å²) in [7, 11) is -1.47. The number of hydrogen-bond donors (Lipinski definition) is 2. The highest BCUT2D eigenvalue weighted by Crippen LogP contribution is 2.40. The Hall–Kier alpha value is -3.71. The number of anilines is 2. The summed E-state index contributed by atoms with van der Waals surface area (Å²) in [4.78, 5) is 16.1. The van der Waals surface area contributed by atoms with Crippen molar-refractivity contribution >= 4 is 44.3 Å². The fourth-order valence-electron chi connectivity index (χ4n) is 3.49. The van der Waals surface area contributed by atoms with Crippen molar-refractivity contribution < 1.29 is 26.3 Å². The van der Waals surface area contributed by atoms with Gasteiger partial charge in [0.25, 0.3) is 10.0 Å². The molecule has 0 fully saturated rings. The third-order valence-electron chi connectivity index (χ3n) is 5.12. The number of methoxy groups -OCH3 is 1. The van der Waals surface area contributed by atoms with Crippen LogP contribution in [0.5, 0.6) is 5.88 Å². The summed E-state index contributed by atoms with van der Waals surface area (Å²) >= 11 is 5.89. The van der Waals surface area contributed by atoms with Crippen molar-refractivity contribution in [3.63, 3.8) is 0 Å². The summed E-state index contributed by atoms with van der Waals surface area (Å²) in [5.74, 6) is 0.0787. The topological polar surface area (TPSA) is 119 Å². The lowest BCUT2D eigenvalue weighted by Crippen LogP contribution is -2.15. The van der Waals surface area contributed by atoms with Crippen LogP contribution in [0.1, 0.15) is 11.3 Å². The minimum atomic E-state index is -4.72. The first-order valence-corrected chi connectivity index (χ1v) is 12.0. The molecule has 2 N–H and O–H groups in total. The van der Waals surface area contributed by atoms with Gasteiger partial charge in [-0.2, -0.15) is 18.2 Å². The SMILES string of the molecule is CNc1ncc2cc(-c3cc(NS(=O)(=O)c4cc(Cl)cnc4OC)ccc3C(F)(F)F)c(C)nc2n1. The standard InChI is InChI=1S/C22H18ClF3N6O3S/c1-11-15(6-12-9-29-21(27-2)31-19(12)30-11)16-8-14(4-5-17(16)22(24,25)26)32-36(33,34)18-7-13(23)10-28-20(18)35-3/h4-10,32H,1-3H3,(H,27,29,30,31). The predicted octanol–water partition coefficient (Wildman–Crippen LogP) is 4.92. The number of pyridine rings is 2. The third-order valence-corrected chi connectivity index (χ3v) is 6.70. The molecule has 0 unspecified atom stereocenters. The number of halogens is 4. The Morgan fingerprint density at radius 3 is 2.44 bits per heavy atom. The normalized spacial score (nSPS) is 12.0. The first kappa shape index (κ1) is 25.4. The molecule has 0 spiro atoms. The van der Waals surface area contributed by atoms with Crippen molar-refractivity contribution in [2.45, 2.75) is 18.0 Å². The molecule has 188 valence electrons. The van der Waals surface area contributed by atoms with E-state index >= 15 is 0 Å². The number of rotatable bonds is 6. The zero-order valence-corrected chi connectivity index (χ0v) is 20.5. The number of aryl methyl sites for hydroxylation is 1. The number of fused-ring (bicyclic) bond motifs is 1. The fraction of sp³-hybridized carbons (Fsp3) is 0.182. The van der Waals surface area contributed by atoms with Crippen LogP contribution in [0.25, 0.3) is 22.2 Å². The van der Waals surface area contributed by atoms with Gasteiger partial charge in [0.05, 0.1) is 17.7 Å². The van der Waals surface area contributed by atoms with Gasteiger partial charge in [0.2, 0.25) is 11.8 Å². The van der Waals surface area contributed by atoms with Gasteiger partial charge >= 0.3 is 6.18 Å². The van der Waals surface area contributed by atoms with Gasteiger partial charge in [0, 0.05) is 41.8 Å². The lowest BCUT2D eigenvalue weighted by molar-refractivity contribution is -0.137. The summed E-state index contributed by atoms with van der Waals surface area (Å²) in [6, 6.07) is 5.50. The molecule has 0 aliphatic heterocycles. The Balaban J connectivity index is 1.85. The van der Waals surface area contributed by atoms with E-state index in [1.165, 1.54) is 32.5 Å². The van der Waals surface area contributed by atoms with E-state index in [0.717, 1.165) is 24.3 Å². The molecular weight excluding hydrogens is 521 g/mol. The van der Waals surface area contributed by atoms with Crippen molar-refractivity contribution in [2.75, 3.05) is 24.2 Å². The Morgan fingerprint density at radius 2 is 1.78 bits per heavy atom. The van der Waals surface area contributed by atoms with E-state index < -0.39 is 21.8 Å². The van der Waals surface area contributed by atoms with E-state index in [9.17, 15) is 21.6 Å². The highest BCUT2D eigenvalue weighted by atomic mass is 35.5. The minimum absolute atomic E-state index is 0.0331. The molecule has 0 aliphatic rings. The van der Waals surface area contributed by atoms with Crippen LogP contribution in [-0.4, -0.2) is 42.5 Å². The summed E-state index contributed by atoms with van der Waals surface area (Å²) in [6.45, 7) is 1.54. The summed E-state index contributed by atoms with van der Waals surface area (Å²) in [5, 5.41) is 3.21. The van der Waals surface area contributed by atoms with Gasteiger partial charge in [-0.1, -0.05) is 11.6 Å². The van der Waals surface area contributed by atoms with Gasteiger partial charge in [-0.15, -0.1) is 0 Å². The van der Waals surface area contributed by atoms with Crippen LogP contribution in [0, 0.1) is 6.92 Å². The number of hydrogen-bond acceptors (Lipinski definition) is 8. The van der Waals surface area contributed by atoms with E-state index in [2.05, 4.69) is 30.0 Å². The molecule has 1 aromatic carbocycles. The number of ether oxygens (including phenoxy) is 1. The van der Waals surface area contributed by atoms with E-state index in [1.807, 2.05) is 0 Å². The quantitative estimate of drug-likeness (QED) is 0.355. The third kappa shape index (κ3) is 4.97. The van der Waals surface area contributed by atoms with Gasteiger partial charge in [-0.3, -0.25) is 4.72 Å². The van der Waals surface area contributed by atoms with Crippen LogP contribution >= 0.6 is 11.6 Å². The molecule has 4 rings (SSSR count). The van der Waals surface area contributed by atoms with Crippen LogP contribution in [0.15, 0.2) is 47.6 Å². The van der Waals surface area contributed by atoms with Gasteiger partial charge < -0.3 is 10.1 Å². The molecule has 0 radical (unpaired) electrons. The van der Waals surface area contributed by atoms with Crippen LogP contribution in [0.2, 0.25) is 5.02 Å². The van der Waals surface area contributed by atoms with Crippen LogP contribution in [-0.2, 0) is 16.2 Å². The molecule has 3 heterocycles. The largest absolute Gasteiger partial charge is 0.480 e. The number of aromatic nitrogens is 4. The predicted molar refractivity (Wildman–Crippen MR) is 129 cm³/mol. The molecule has 36 heavy (non-hydrogen) atoms. The highest BCUT2D eigenvalue weighted by molar-refractivity contribution is 7.92. The monoisotopic (exact) mass is 538 g/mol. The second-order valence-electron chi connectivity index (χ2n) is 7.50. The van der Waals surface area contributed by atoms with Crippen LogP contribution in [0.3, 0.4) is 0 Å². The molecule has 0 aliphatic carbocycles. The average molecular weight is 539 g/mol. The zero-order valence-electron chi connectivity index (χ0n) is 19.0. The first-order valence-electron chi connectivity index (χ1n) is 10.2. The summed E-state index contributed by atoms with van der Waals surface area (Å²) in [6.07, 6.45) is -2.09. The maximum atomic E-state index is 13.9. The van der Waals surface area contributed by atoms with Crippen molar-refractivity contribution in [3.05, 3.63) is 59.0 Å². The van der Waals surface area contributed by atoms with E-state index in [0.29, 0.717) is 17.0 Å². The number of nitrogens with one attached hydrogen (secondary N) is 2. The molecular formula is C22H18ClF3N6O3S. The Labute approximate surface area is 208 Å². The highest BCUT2D eigenvalue weighted by Gasteiger charge is 2.34. The van der Waals surface area contributed by atoms with E-state index in [-0.39, 0.29) is 38.3 Å². The number of benzene rings is 1. The number of nitrogens with zero attached hydrogens (tertiary/aromatic N) is 4. The van der Waals surface area contributed by atoms with Crippen LogP contribution in [0.4, 0.5) is 24.8 Å². The maximum Gasteiger partial charge on any atom is 0.417 e. The second-order valence-corrected chi connectivity index (χ2v) is 9.59. The number of sulfonamides is 1. The molecule has 4 aromatic rings. The minimum Gasteiger partial charge on any atom is -0.480 e. The lowest BCUT2D eigenvalue weighted by Gasteiger charge is -2.17. The maximum absolute atomic E-state index is 13.9. The van der Waals surface area contributed by atoms with Crippen molar-refractivity contribution in [1.82, 2.24) is 19.9 Å². The smallest absolute Gasteiger partial charge is 0.417 e. The van der Waals surface area contributed by atoms with Crippen LogP contribution < -0.4 is 14.8 Å². The van der Waals surface area contributed by atoms with Crippen molar-refractivity contribution in [3.8, 4) is 17.0 Å². The molecule has 0 saturated heterocycles. The fourth-order valence-corrected chi connectivity index (χ4v) is 4.91.